The average molecular weight is 362 g/mol. The molecule has 26 heavy (non-hydrogen) atoms. The maximum absolute atomic E-state index is 12.8. The summed E-state index contributed by atoms with van der Waals surface area (Å²) in [4.78, 5) is 16.3. The van der Waals surface area contributed by atoms with Crippen LogP contribution >= 0.6 is 0 Å². The van der Waals surface area contributed by atoms with Crippen LogP contribution in [0.5, 0.6) is 0 Å². The lowest BCUT2D eigenvalue weighted by atomic mass is 10.3. The van der Waals surface area contributed by atoms with E-state index in [9.17, 15) is 13.2 Å². The molecule has 4 heterocycles. The van der Waals surface area contributed by atoms with Crippen LogP contribution in [0.3, 0.4) is 0 Å². The van der Waals surface area contributed by atoms with E-state index in [-0.39, 0.29) is 5.95 Å². The summed E-state index contributed by atoms with van der Waals surface area (Å²) in [6.45, 7) is 3.29. The Morgan fingerprint density at radius 2 is 1.81 bits per heavy atom. The molecule has 0 amide bonds. The first-order chi connectivity index (χ1) is 12.5. The Kier molecular flexibility index (Phi) is 4.23. The van der Waals surface area contributed by atoms with Crippen molar-refractivity contribution in [2.45, 2.75) is 12.7 Å². The predicted molar refractivity (Wildman–Crippen MR) is 89.7 cm³/mol. The number of piperazine rings is 1. The molecule has 6 nitrogen and oxygen atoms in total. The third-order valence-corrected chi connectivity index (χ3v) is 4.39. The van der Waals surface area contributed by atoms with Crippen molar-refractivity contribution >= 4 is 11.6 Å². The number of imidazole rings is 1. The Morgan fingerprint density at radius 3 is 2.54 bits per heavy atom. The standard InChI is InChI=1S/C17H17F3N6/c18-17(19,20)14-4-5-21-16(23-14)25-9-7-24(8-10-25)11-13-12-26-6-2-1-3-15(26)22-13/h1-6,12H,7-11H2. The normalized spacial score (nSPS) is 16.3. The molecule has 136 valence electrons. The van der Waals surface area contributed by atoms with Crippen molar-refractivity contribution < 1.29 is 13.2 Å². The molecule has 1 fully saturated rings. The van der Waals surface area contributed by atoms with Gasteiger partial charge in [0.25, 0.3) is 0 Å². The Labute approximate surface area is 147 Å². The molecule has 1 aliphatic heterocycles. The topological polar surface area (TPSA) is 49.6 Å². The van der Waals surface area contributed by atoms with Crippen molar-refractivity contribution in [3.63, 3.8) is 0 Å². The molecular weight excluding hydrogens is 345 g/mol. The minimum atomic E-state index is -4.46. The summed E-state index contributed by atoms with van der Waals surface area (Å²) in [5.41, 5.74) is 0.966. The summed E-state index contributed by atoms with van der Waals surface area (Å²) in [6.07, 6.45) is 0.656. The van der Waals surface area contributed by atoms with Crippen LogP contribution in [-0.2, 0) is 12.7 Å². The van der Waals surface area contributed by atoms with Crippen molar-refractivity contribution in [2.75, 3.05) is 31.1 Å². The van der Waals surface area contributed by atoms with Crippen LogP contribution in [-0.4, -0.2) is 50.4 Å². The molecule has 9 heteroatoms. The molecule has 3 aromatic rings. The first kappa shape index (κ1) is 16.8. The number of rotatable bonds is 3. The Bertz CT molecular complexity index is 866. The van der Waals surface area contributed by atoms with Crippen molar-refractivity contribution in [1.29, 1.82) is 0 Å². The van der Waals surface area contributed by atoms with Crippen LogP contribution < -0.4 is 4.90 Å². The zero-order chi connectivity index (χ0) is 18.1. The van der Waals surface area contributed by atoms with E-state index in [1.54, 1.807) is 4.90 Å². The number of hydrogen-bond acceptors (Lipinski definition) is 5. The zero-order valence-electron chi connectivity index (χ0n) is 13.9. The fourth-order valence-corrected chi connectivity index (χ4v) is 3.06. The molecule has 0 aliphatic carbocycles. The second kappa shape index (κ2) is 6.56. The summed E-state index contributed by atoms with van der Waals surface area (Å²) in [6, 6.07) is 6.74. The van der Waals surface area contributed by atoms with Crippen LogP contribution in [0.15, 0.2) is 42.9 Å². The SMILES string of the molecule is FC(F)(F)c1ccnc(N2CCN(Cc3cn4ccccc4n3)CC2)n1. The van der Waals surface area contributed by atoms with E-state index >= 15 is 0 Å². The van der Waals surface area contributed by atoms with E-state index in [1.807, 2.05) is 35.0 Å². The lowest BCUT2D eigenvalue weighted by Crippen LogP contribution is -2.46. The monoisotopic (exact) mass is 362 g/mol. The molecule has 0 radical (unpaired) electrons. The number of fused-ring (bicyclic) bond motifs is 1. The van der Waals surface area contributed by atoms with Crippen LogP contribution in [0.4, 0.5) is 19.1 Å². The van der Waals surface area contributed by atoms with Crippen LogP contribution in [0, 0.1) is 0 Å². The molecule has 0 saturated carbocycles. The van der Waals surface area contributed by atoms with Gasteiger partial charge in [0.05, 0.1) is 5.69 Å². The van der Waals surface area contributed by atoms with Crippen molar-refractivity contribution in [2.24, 2.45) is 0 Å². The Balaban J connectivity index is 1.39. The molecule has 4 rings (SSSR count). The van der Waals surface area contributed by atoms with E-state index in [1.165, 1.54) is 0 Å². The molecule has 0 spiro atoms. The second-order valence-corrected chi connectivity index (χ2v) is 6.20. The zero-order valence-corrected chi connectivity index (χ0v) is 13.9. The van der Waals surface area contributed by atoms with Gasteiger partial charge in [0, 0.05) is 51.3 Å². The molecular formula is C17H17F3N6. The van der Waals surface area contributed by atoms with Gasteiger partial charge in [0.15, 0.2) is 0 Å². The van der Waals surface area contributed by atoms with Crippen molar-refractivity contribution in [3.05, 3.63) is 54.2 Å². The Hall–Kier alpha value is -2.68. The second-order valence-electron chi connectivity index (χ2n) is 6.20. The van der Waals surface area contributed by atoms with Gasteiger partial charge in [-0.25, -0.2) is 15.0 Å². The van der Waals surface area contributed by atoms with Gasteiger partial charge in [0.2, 0.25) is 5.95 Å². The van der Waals surface area contributed by atoms with Crippen LogP contribution in [0.25, 0.3) is 5.65 Å². The van der Waals surface area contributed by atoms with Crippen LogP contribution in [0.1, 0.15) is 11.4 Å². The highest BCUT2D eigenvalue weighted by atomic mass is 19.4. The minimum Gasteiger partial charge on any atom is -0.338 e. The van der Waals surface area contributed by atoms with Gasteiger partial charge < -0.3 is 9.30 Å². The summed E-state index contributed by atoms with van der Waals surface area (Å²) in [7, 11) is 0. The maximum Gasteiger partial charge on any atom is 0.433 e. The molecule has 0 N–H and O–H groups in total. The Morgan fingerprint density at radius 1 is 1.00 bits per heavy atom. The highest BCUT2D eigenvalue weighted by Gasteiger charge is 2.33. The molecule has 1 saturated heterocycles. The molecule has 1 aliphatic rings. The number of nitrogens with zero attached hydrogens (tertiary/aromatic N) is 6. The van der Waals surface area contributed by atoms with E-state index in [0.29, 0.717) is 32.7 Å². The molecule has 0 aromatic carbocycles. The molecule has 0 atom stereocenters. The first-order valence-corrected chi connectivity index (χ1v) is 8.29. The quantitative estimate of drug-likeness (QED) is 0.716. The third-order valence-electron chi connectivity index (χ3n) is 4.39. The third kappa shape index (κ3) is 3.48. The van der Waals surface area contributed by atoms with Crippen molar-refractivity contribution in [1.82, 2.24) is 24.3 Å². The lowest BCUT2D eigenvalue weighted by molar-refractivity contribution is -0.141. The minimum absolute atomic E-state index is 0.132. The number of pyridine rings is 1. The largest absolute Gasteiger partial charge is 0.433 e. The molecule has 3 aromatic heterocycles. The van der Waals surface area contributed by atoms with Gasteiger partial charge in [0.1, 0.15) is 11.3 Å². The maximum atomic E-state index is 12.8. The highest BCUT2D eigenvalue weighted by molar-refractivity contribution is 5.39. The van der Waals surface area contributed by atoms with Crippen molar-refractivity contribution in [3.8, 4) is 0 Å². The fourth-order valence-electron chi connectivity index (χ4n) is 3.06. The van der Waals surface area contributed by atoms with Gasteiger partial charge in [-0.3, -0.25) is 4.90 Å². The smallest absolute Gasteiger partial charge is 0.338 e. The number of halogens is 3. The van der Waals surface area contributed by atoms with E-state index in [2.05, 4.69) is 19.9 Å². The highest BCUT2D eigenvalue weighted by Crippen LogP contribution is 2.28. The summed E-state index contributed by atoms with van der Waals surface area (Å²) in [5.74, 6) is 0.132. The lowest BCUT2D eigenvalue weighted by Gasteiger charge is -2.34. The number of aromatic nitrogens is 4. The molecule has 0 unspecified atom stereocenters. The molecule has 0 bridgehead atoms. The van der Waals surface area contributed by atoms with Gasteiger partial charge in [-0.2, -0.15) is 13.2 Å². The average Bonchev–Trinajstić information content (AvgIpc) is 3.04. The van der Waals surface area contributed by atoms with Gasteiger partial charge in [-0.05, 0) is 18.2 Å². The summed E-state index contributed by atoms with van der Waals surface area (Å²) >= 11 is 0. The van der Waals surface area contributed by atoms with Gasteiger partial charge >= 0.3 is 6.18 Å². The number of alkyl halides is 3. The number of hydrogen-bond donors (Lipinski definition) is 0. The summed E-state index contributed by atoms with van der Waals surface area (Å²) in [5, 5.41) is 0. The first-order valence-electron chi connectivity index (χ1n) is 8.29. The van der Waals surface area contributed by atoms with Gasteiger partial charge in [-0.15, -0.1) is 0 Å². The van der Waals surface area contributed by atoms with E-state index < -0.39 is 11.9 Å². The van der Waals surface area contributed by atoms with Crippen LogP contribution in [0.2, 0.25) is 0 Å². The fraction of sp³-hybridized carbons (Fsp3) is 0.353. The predicted octanol–water partition coefficient (Wildman–Crippen LogP) is 2.47. The summed E-state index contributed by atoms with van der Waals surface area (Å²) < 4.78 is 40.4. The van der Waals surface area contributed by atoms with Gasteiger partial charge in [-0.1, -0.05) is 6.07 Å². The number of anilines is 1. The van der Waals surface area contributed by atoms with E-state index in [4.69, 9.17) is 0 Å². The van der Waals surface area contributed by atoms with E-state index in [0.717, 1.165) is 23.6 Å².